The zero-order chi connectivity index (χ0) is 41.2. The number of β-amino-alcohol motifs (C(OH)–C–C–N with tert-alkyl or cyclic N) is 1. The number of carbonyl (C=O) groups excluding carboxylic acids is 7. The van der Waals surface area contributed by atoms with Crippen molar-refractivity contribution in [1.29, 1.82) is 0 Å². The standard InChI is InChI=1S/C40H67N5O9/c1-13-15-16-25(7)20-26(8)37(50)42(11)30(19-23(3)4)36(49)41-34(28(10)54-33(48)14-2)39(52)43(12)35(24(5)6)40(53)44-22-29(46)21-31(44)38(51)45-27(9)17-18-32(45)47/h17-18,23-31,34-35,46H,13-16,19-22H2,1-12H3,(H,41,49). The molecule has 0 aromatic heterocycles. The Hall–Kier alpha value is -3.81. The van der Waals surface area contributed by atoms with Crippen LogP contribution in [-0.2, 0) is 38.3 Å². The second-order valence-electron chi connectivity index (χ2n) is 16.2. The second kappa shape index (κ2) is 20.8. The number of unbranched alkanes of at least 4 members (excludes halogenated alkanes) is 1. The van der Waals surface area contributed by atoms with Crippen molar-refractivity contribution in [3.05, 3.63) is 12.2 Å². The molecule has 2 rings (SSSR count). The third kappa shape index (κ3) is 11.8. The maximum atomic E-state index is 14.5. The van der Waals surface area contributed by atoms with E-state index in [-0.39, 0.29) is 37.1 Å². The summed E-state index contributed by atoms with van der Waals surface area (Å²) in [6, 6.07) is -5.19. The first-order chi connectivity index (χ1) is 25.2. The fourth-order valence-corrected chi connectivity index (χ4v) is 7.53. The monoisotopic (exact) mass is 761 g/mol. The number of aliphatic hydroxyl groups is 1. The molecule has 14 heteroatoms. The van der Waals surface area contributed by atoms with Crippen molar-refractivity contribution in [1.82, 2.24) is 24.9 Å². The molecule has 14 nitrogen and oxygen atoms in total. The molecule has 0 aromatic rings. The van der Waals surface area contributed by atoms with Gasteiger partial charge in [0.05, 0.1) is 12.1 Å². The summed E-state index contributed by atoms with van der Waals surface area (Å²) < 4.78 is 5.56. The van der Waals surface area contributed by atoms with Crippen molar-refractivity contribution in [2.24, 2.45) is 23.7 Å². The number of likely N-dealkylation sites (N-methyl/N-ethyl adjacent to an activating group) is 2. The molecule has 0 bridgehead atoms. The number of amides is 6. The lowest BCUT2D eigenvalue weighted by molar-refractivity contribution is -0.158. The Morgan fingerprint density at radius 2 is 1.59 bits per heavy atom. The van der Waals surface area contributed by atoms with Crippen LogP contribution in [-0.4, -0.2) is 129 Å². The Bertz CT molecular complexity index is 1380. The minimum absolute atomic E-state index is 0.00554. The molecule has 0 spiro atoms. The normalized spacial score (nSPS) is 21.8. The highest BCUT2D eigenvalue weighted by molar-refractivity contribution is 6.06. The first kappa shape index (κ1) is 46.3. The average molecular weight is 762 g/mol. The molecule has 2 heterocycles. The van der Waals surface area contributed by atoms with E-state index >= 15 is 0 Å². The molecular weight excluding hydrogens is 694 g/mol. The quantitative estimate of drug-likeness (QED) is 0.148. The summed E-state index contributed by atoms with van der Waals surface area (Å²) in [4.78, 5) is 100. The van der Waals surface area contributed by atoms with Gasteiger partial charge in [-0.3, -0.25) is 38.5 Å². The fourth-order valence-electron chi connectivity index (χ4n) is 7.53. The van der Waals surface area contributed by atoms with Crippen LogP contribution in [0.4, 0.5) is 0 Å². The number of likely N-dealkylation sites (tertiary alicyclic amines) is 1. The number of carbonyl (C=O) groups is 7. The highest BCUT2D eigenvalue weighted by Crippen LogP contribution is 2.27. The predicted molar refractivity (Wildman–Crippen MR) is 204 cm³/mol. The zero-order valence-corrected chi connectivity index (χ0v) is 34.7. The molecule has 2 N–H and O–H groups in total. The Balaban J connectivity index is 2.44. The summed E-state index contributed by atoms with van der Waals surface area (Å²) in [5.41, 5.74) is 0. The molecule has 1 saturated heterocycles. The van der Waals surface area contributed by atoms with Gasteiger partial charge in [0, 0.05) is 45.5 Å². The Morgan fingerprint density at radius 1 is 0.963 bits per heavy atom. The third-order valence-corrected chi connectivity index (χ3v) is 10.6. The van der Waals surface area contributed by atoms with Crippen LogP contribution in [0.3, 0.4) is 0 Å². The van der Waals surface area contributed by atoms with Crippen molar-refractivity contribution in [3.8, 4) is 0 Å². The lowest BCUT2D eigenvalue weighted by Crippen LogP contribution is -2.62. The molecule has 0 radical (unpaired) electrons. The van der Waals surface area contributed by atoms with E-state index in [4.69, 9.17) is 4.74 Å². The smallest absolute Gasteiger partial charge is 0.305 e. The molecule has 0 aromatic carbocycles. The maximum Gasteiger partial charge on any atom is 0.305 e. The summed E-state index contributed by atoms with van der Waals surface area (Å²) >= 11 is 0. The molecule has 0 saturated carbocycles. The number of aliphatic hydroxyl groups excluding tert-OH is 1. The summed E-state index contributed by atoms with van der Waals surface area (Å²) in [7, 11) is 2.99. The first-order valence-electron chi connectivity index (χ1n) is 19.7. The van der Waals surface area contributed by atoms with Gasteiger partial charge in [-0.1, -0.05) is 80.7 Å². The molecule has 9 atom stereocenters. The highest BCUT2D eigenvalue weighted by atomic mass is 16.5. The van der Waals surface area contributed by atoms with Gasteiger partial charge in [0.1, 0.15) is 30.3 Å². The number of nitrogens with zero attached hydrogens (tertiary/aromatic N) is 4. The fraction of sp³-hybridized carbons (Fsp3) is 0.775. The zero-order valence-electron chi connectivity index (χ0n) is 34.7. The summed E-state index contributed by atoms with van der Waals surface area (Å²) in [5, 5.41) is 13.4. The molecule has 0 aliphatic carbocycles. The van der Waals surface area contributed by atoms with E-state index in [1.54, 1.807) is 40.8 Å². The SMILES string of the molecule is CCCCC(C)CC(C)C(=O)N(C)C(CC(C)C)C(=O)NC(C(=O)N(C)C(C(=O)N1CC(O)CC1C(=O)N1C(=O)C=CC1C)C(C)C)C(C)OC(=O)CC. The Labute approximate surface area is 322 Å². The van der Waals surface area contributed by atoms with Gasteiger partial charge in [0.25, 0.3) is 11.8 Å². The van der Waals surface area contributed by atoms with E-state index in [0.717, 1.165) is 24.2 Å². The lowest BCUT2D eigenvalue weighted by Gasteiger charge is -2.38. The number of ether oxygens (including phenoxy) is 1. The molecular formula is C40H67N5O9. The van der Waals surface area contributed by atoms with Gasteiger partial charge >= 0.3 is 5.97 Å². The van der Waals surface area contributed by atoms with Crippen LogP contribution in [0.5, 0.6) is 0 Å². The van der Waals surface area contributed by atoms with Crippen LogP contribution in [0.25, 0.3) is 0 Å². The van der Waals surface area contributed by atoms with Crippen molar-refractivity contribution in [3.63, 3.8) is 0 Å². The van der Waals surface area contributed by atoms with Crippen LogP contribution in [0, 0.1) is 23.7 Å². The molecule has 9 unspecified atom stereocenters. The van der Waals surface area contributed by atoms with Crippen molar-refractivity contribution < 1.29 is 43.4 Å². The molecule has 1 fully saturated rings. The third-order valence-electron chi connectivity index (χ3n) is 10.6. The largest absolute Gasteiger partial charge is 0.460 e. The van der Waals surface area contributed by atoms with E-state index in [0.29, 0.717) is 18.8 Å². The van der Waals surface area contributed by atoms with Gasteiger partial charge in [-0.2, -0.15) is 0 Å². The number of nitrogens with one attached hydrogen (secondary N) is 1. The summed E-state index contributed by atoms with van der Waals surface area (Å²) in [6.07, 6.45) is 4.74. The van der Waals surface area contributed by atoms with Crippen LogP contribution < -0.4 is 5.32 Å². The number of imide groups is 1. The molecule has 2 aliphatic rings. The average Bonchev–Trinajstić information content (AvgIpc) is 3.67. The van der Waals surface area contributed by atoms with Gasteiger partial charge in [-0.05, 0) is 44.4 Å². The van der Waals surface area contributed by atoms with Crippen LogP contribution in [0.15, 0.2) is 12.2 Å². The topological polar surface area (TPSA) is 174 Å². The lowest BCUT2D eigenvalue weighted by atomic mass is 9.91. The van der Waals surface area contributed by atoms with Gasteiger partial charge < -0.3 is 29.9 Å². The number of hydrogen-bond acceptors (Lipinski definition) is 9. The van der Waals surface area contributed by atoms with E-state index < -0.39 is 83.8 Å². The van der Waals surface area contributed by atoms with Gasteiger partial charge in [0.2, 0.25) is 23.6 Å². The van der Waals surface area contributed by atoms with Crippen LogP contribution >= 0.6 is 0 Å². The van der Waals surface area contributed by atoms with Crippen molar-refractivity contribution in [2.75, 3.05) is 20.6 Å². The van der Waals surface area contributed by atoms with Crippen molar-refractivity contribution in [2.45, 2.75) is 157 Å². The van der Waals surface area contributed by atoms with E-state index in [2.05, 4.69) is 19.2 Å². The number of rotatable bonds is 19. The number of hydrogen-bond donors (Lipinski definition) is 2. The van der Waals surface area contributed by atoms with E-state index in [1.807, 2.05) is 20.8 Å². The molecule has 306 valence electrons. The van der Waals surface area contributed by atoms with Gasteiger partial charge in [0.15, 0.2) is 0 Å². The summed E-state index contributed by atoms with van der Waals surface area (Å²) in [5.74, 6) is -4.36. The number of esters is 1. The molecule has 6 amide bonds. The minimum atomic E-state index is -1.44. The maximum absolute atomic E-state index is 14.5. The molecule has 2 aliphatic heterocycles. The first-order valence-corrected chi connectivity index (χ1v) is 19.7. The highest BCUT2D eigenvalue weighted by Gasteiger charge is 2.48. The Morgan fingerprint density at radius 3 is 2.11 bits per heavy atom. The molecule has 54 heavy (non-hydrogen) atoms. The van der Waals surface area contributed by atoms with Crippen molar-refractivity contribution >= 4 is 41.4 Å². The second-order valence-corrected chi connectivity index (χ2v) is 16.2. The van der Waals surface area contributed by atoms with Crippen LogP contribution in [0.1, 0.15) is 114 Å². The predicted octanol–water partition coefficient (Wildman–Crippen LogP) is 3.30. The van der Waals surface area contributed by atoms with Crippen LogP contribution in [0.2, 0.25) is 0 Å². The van der Waals surface area contributed by atoms with Gasteiger partial charge in [-0.25, -0.2) is 0 Å². The summed E-state index contributed by atoms with van der Waals surface area (Å²) in [6.45, 7) is 18.0. The van der Waals surface area contributed by atoms with Gasteiger partial charge in [-0.15, -0.1) is 0 Å². The van der Waals surface area contributed by atoms with E-state index in [9.17, 15) is 38.7 Å². The minimum Gasteiger partial charge on any atom is -0.460 e. The van der Waals surface area contributed by atoms with E-state index in [1.165, 1.54) is 34.7 Å². The Kier molecular flexibility index (Phi) is 17.8.